The number of hydrogen-bond acceptors (Lipinski definition) is 4. The summed E-state index contributed by atoms with van der Waals surface area (Å²) in [6, 6.07) is 11.7. The van der Waals surface area contributed by atoms with Crippen LogP contribution in [0.25, 0.3) is 0 Å². The molecule has 0 fully saturated rings. The second-order valence-corrected chi connectivity index (χ2v) is 7.73. The highest BCUT2D eigenvalue weighted by atomic mass is 32.2. The van der Waals surface area contributed by atoms with Gasteiger partial charge in [0.1, 0.15) is 10.6 Å². The van der Waals surface area contributed by atoms with Gasteiger partial charge in [0.05, 0.1) is 13.5 Å². The molecule has 0 amide bonds. The number of carboxylic acid groups (broad SMARTS) is 1. The highest BCUT2D eigenvalue weighted by Crippen LogP contribution is 2.27. The van der Waals surface area contributed by atoms with Gasteiger partial charge < -0.3 is 9.84 Å². The summed E-state index contributed by atoms with van der Waals surface area (Å²) < 4.78 is 33.2. The van der Waals surface area contributed by atoms with Crippen molar-refractivity contribution in [3.8, 4) is 5.75 Å². The van der Waals surface area contributed by atoms with Crippen molar-refractivity contribution in [2.45, 2.75) is 30.2 Å². The maximum absolute atomic E-state index is 12.7. The van der Waals surface area contributed by atoms with Crippen LogP contribution in [0.1, 0.15) is 16.7 Å². The highest BCUT2D eigenvalue weighted by molar-refractivity contribution is 7.89. The predicted octanol–water partition coefficient (Wildman–Crippen LogP) is 1.77. The van der Waals surface area contributed by atoms with E-state index >= 15 is 0 Å². The van der Waals surface area contributed by atoms with Gasteiger partial charge in [-0.25, -0.2) is 13.1 Å². The first-order valence-corrected chi connectivity index (χ1v) is 9.35. The van der Waals surface area contributed by atoms with Crippen molar-refractivity contribution in [2.75, 3.05) is 7.11 Å². The van der Waals surface area contributed by atoms with Crippen molar-refractivity contribution < 1.29 is 23.1 Å². The van der Waals surface area contributed by atoms with E-state index in [-0.39, 0.29) is 17.4 Å². The molecule has 25 heavy (non-hydrogen) atoms. The van der Waals surface area contributed by atoms with Crippen LogP contribution >= 0.6 is 0 Å². The molecule has 3 rings (SSSR count). The van der Waals surface area contributed by atoms with Crippen LogP contribution in [0.5, 0.6) is 5.75 Å². The molecule has 2 aromatic rings. The second-order valence-electron chi connectivity index (χ2n) is 6.05. The van der Waals surface area contributed by atoms with Gasteiger partial charge in [-0.05, 0) is 41.7 Å². The van der Waals surface area contributed by atoms with Crippen LogP contribution in [0.3, 0.4) is 0 Å². The summed E-state index contributed by atoms with van der Waals surface area (Å²) in [5.74, 6) is -0.583. The van der Waals surface area contributed by atoms with E-state index in [4.69, 9.17) is 9.84 Å². The molecule has 0 aliphatic heterocycles. The fraction of sp³-hybridized carbons (Fsp3) is 0.278. The summed E-state index contributed by atoms with van der Waals surface area (Å²) in [6.45, 7) is 0. The normalized spacial score (nSPS) is 16.4. The minimum Gasteiger partial charge on any atom is -0.495 e. The number of para-hydroxylation sites is 1. The number of carbonyl (C=O) groups is 1. The number of rotatable bonds is 6. The van der Waals surface area contributed by atoms with Crippen LogP contribution in [0.2, 0.25) is 0 Å². The van der Waals surface area contributed by atoms with Crippen molar-refractivity contribution in [1.29, 1.82) is 0 Å². The first-order chi connectivity index (χ1) is 11.9. The Hall–Kier alpha value is -2.38. The fourth-order valence-corrected chi connectivity index (χ4v) is 4.57. The molecule has 0 bridgehead atoms. The lowest BCUT2D eigenvalue weighted by molar-refractivity contribution is -0.136. The van der Waals surface area contributed by atoms with Gasteiger partial charge in [-0.2, -0.15) is 0 Å². The minimum absolute atomic E-state index is 0.0368. The van der Waals surface area contributed by atoms with E-state index in [1.165, 1.54) is 13.2 Å². The number of fused-ring (bicyclic) bond motifs is 1. The Bertz CT molecular complexity index is 907. The smallest absolute Gasteiger partial charge is 0.307 e. The largest absolute Gasteiger partial charge is 0.495 e. The van der Waals surface area contributed by atoms with E-state index in [1.54, 1.807) is 24.3 Å². The summed E-state index contributed by atoms with van der Waals surface area (Å²) in [7, 11) is -2.27. The molecule has 0 spiro atoms. The Morgan fingerprint density at radius 1 is 1.20 bits per heavy atom. The van der Waals surface area contributed by atoms with Crippen molar-refractivity contribution in [3.63, 3.8) is 0 Å². The molecule has 0 saturated heterocycles. The number of sulfonamides is 1. The highest BCUT2D eigenvalue weighted by Gasteiger charge is 2.28. The molecule has 1 unspecified atom stereocenters. The van der Waals surface area contributed by atoms with E-state index < -0.39 is 16.0 Å². The van der Waals surface area contributed by atoms with E-state index in [0.29, 0.717) is 18.6 Å². The van der Waals surface area contributed by atoms with Gasteiger partial charge in [0.15, 0.2) is 0 Å². The first kappa shape index (κ1) is 17.4. The summed E-state index contributed by atoms with van der Waals surface area (Å²) in [5.41, 5.74) is 2.76. The quantitative estimate of drug-likeness (QED) is 0.818. The molecule has 0 saturated carbocycles. The summed E-state index contributed by atoms with van der Waals surface area (Å²) >= 11 is 0. The third-order valence-electron chi connectivity index (χ3n) is 4.24. The van der Waals surface area contributed by atoms with Crippen molar-refractivity contribution >= 4 is 16.0 Å². The monoisotopic (exact) mass is 361 g/mol. The molecule has 1 atom stereocenters. The lowest BCUT2D eigenvalue weighted by Gasteiger charge is -2.14. The van der Waals surface area contributed by atoms with Gasteiger partial charge in [-0.15, -0.1) is 0 Å². The van der Waals surface area contributed by atoms with Crippen molar-refractivity contribution in [1.82, 2.24) is 4.72 Å². The van der Waals surface area contributed by atoms with Crippen molar-refractivity contribution in [3.05, 3.63) is 59.2 Å². The van der Waals surface area contributed by atoms with E-state index in [0.717, 1.165) is 16.7 Å². The summed E-state index contributed by atoms with van der Waals surface area (Å²) in [5, 5.41) is 8.89. The van der Waals surface area contributed by atoms with E-state index in [2.05, 4.69) is 4.72 Å². The standard InChI is InChI=1S/C18H19NO5S/c1-24-16-4-2-3-5-17(16)25(22,23)19-15-10-13-7-6-12(9-18(20)21)8-14(13)11-15/h2-8,15,19H,9-11H2,1H3,(H,20,21). The molecule has 0 aromatic heterocycles. The Morgan fingerprint density at radius 2 is 1.92 bits per heavy atom. The van der Waals surface area contributed by atoms with E-state index in [9.17, 15) is 13.2 Å². The molecule has 0 heterocycles. The number of aliphatic carboxylic acids is 1. The molecule has 2 N–H and O–H groups in total. The Labute approximate surface area is 146 Å². The average Bonchev–Trinajstić information content (AvgIpc) is 2.94. The van der Waals surface area contributed by atoms with Crippen LogP contribution in [0.4, 0.5) is 0 Å². The lowest BCUT2D eigenvalue weighted by atomic mass is 10.0. The Kier molecular flexibility index (Phi) is 4.78. The molecule has 132 valence electrons. The van der Waals surface area contributed by atoms with Gasteiger partial charge in [-0.3, -0.25) is 4.79 Å². The third-order valence-corrected chi connectivity index (χ3v) is 5.80. The molecule has 1 aliphatic rings. The number of ether oxygens (including phenoxy) is 1. The molecular weight excluding hydrogens is 342 g/mol. The second kappa shape index (κ2) is 6.85. The lowest BCUT2D eigenvalue weighted by Crippen LogP contribution is -2.35. The Morgan fingerprint density at radius 3 is 2.64 bits per heavy atom. The van der Waals surface area contributed by atoms with Crippen LogP contribution in [-0.2, 0) is 34.1 Å². The zero-order valence-corrected chi connectivity index (χ0v) is 14.5. The molecule has 0 radical (unpaired) electrons. The maximum Gasteiger partial charge on any atom is 0.307 e. The van der Waals surface area contributed by atoms with Crippen molar-refractivity contribution in [2.24, 2.45) is 0 Å². The first-order valence-electron chi connectivity index (χ1n) is 7.87. The number of hydrogen-bond donors (Lipinski definition) is 2. The number of carboxylic acids is 1. The summed E-state index contributed by atoms with van der Waals surface area (Å²) in [4.78, 5) is 10.9. The zero-order valence-electron chi connectivity index (χ0n) is 13.7. The van der Waals surface area contributed by atoms with Gasteiger partial charge in [0, 0.05) is 6.04 Å². The van der Waals surface area contributed by atoms with Crippen LogP contribution in [-0.4, -0.2) is 32.6 Å². The number of methoxy groups -OCH3 is 1. The van der Waals surface area contributed by atoms with Gasteiger partial charge in [0.25, 0.3) is 0 Å². The van der Waals surface area contributed by atoms with Gasteiger partial charge in [0.2, 0.25) is 10.0 Å². The van der Waals surface area contributed by atoms with Gasteiger partial charge in [-0.1, -0.05) is 30.3 Å². The SMILES string of the molecule is COc1ccccc1S(=O)(=O)NC1Cc2ccc(CC(=O)O)cc2C1. The fourth-order valence-electron chi connectivity index (χ4n) is 3.16. The molecule has 1 aliphatic carbocycles. The van der Waals surface area contributed by atoms with Crippen LogP contribution in [0, 0.1) is 0 Å². The van der Waals surface area contributed by atoms with Crippen LogP contribution in [0.15, 0.2) is 47.4 Å². The van der Waals surface area contributed by atoms with Crippen LogP contribution < -0.4 is 9.46 Å². The third kappa shape index (κ3) is 3.83. The molecular formula is C18H19NO5S. The van der Waals surface area contributed by atoms with Gasteiger partial charge >= 0.3 is 5.97 Å². The molecule has 7 heteroatoms. The zero-order chi connectivity index (χ0) is 18.0. The summed E-state index contributed by atoms with van der Waals surface area (Å²) in [6.07, 6.45) is 1.08. The maximum atomic E-state index is 12.7. The Balaban J connectivity index is 1.77. The predicted molar refractivity (Wildman–Crippen MR) is 92.3 cm³/mol. The number of benzene rings is 2. The topological polar surface area (TPSA) is 92.7 Å². The molecule has 6 nitrogen and oxygen atoms in total. The average molecular weight is 361 g/mol. The van der Waals surface area contributed by atoms with E-state index in [1.807, 2.05) is 12.1 Å². The minimum atomic E-state index is -3.70. The number of nitrogens with one attached hydrogen (secondary N) is 1. The molecule has 2 aromatic carbocycles.